The molecule has 1 aliphatic heterocycles. The average molecular weight is 482 g/mol. The number of rotatable bonds is 8. The van der Waals surface area contributed by atoms with E-state index in [1.54, 1.807) is 14.0 Å². The lowest BCUT2D eigenvalue weighted by atomic mass is 10.2. The highest BCUT2D eigenvalue weighted by atomic mass is 35.5. The lowest BCUT2D eigenvalue weighted by Gasteiger charge is -2.30. The van der Waals surface area contributed by atoms with Crippen molar-refractivity contribution < 1.29 is 9.53 Å². The lowest BCUT2D eigenvalue weighted by Crippen LogP contribution is -2.43. The molecule has 1 aromatic heterocycles. The minimum atomic E-state index is -0.0525. The molecule has 0 bridgehead atoms. The van der Waals surface area contributed by atoms with Crippen LogP contribution in [0, 0.1) is 0 Å². The number of anilines is 6. The van der Waals surface area contributed by atoms with Crippen LogP contribution >= 0.6 is 11.6 Å². The number of halogens is 1. The highest BCUT2D eigenvalue weighted by molar-refractivity contribution is 6.33. The molecule has 0 saturated carbocycles. The average Bonchev–Trinajstić information content (AvgIpc) is 2.87. The van der Waals surface area contributed by atoms with Gasteiger partial charge in [0.15, 0.2) is 5.82 Å². The van der Waals surface area contributed by atoms with Crippen molar-refractivity contribution >= 4 is 52.0 Å². The van der Waals surface area contributed by atoms with Crippen LogP contribution in [0.25, 0.3) is 0 Å². The Labute approximate surface area is 203 Å². The first-order chi connectivity index (χ1) is 16.6. The molecule has 178 valence electrons. The van der Waals surface area contributed by atoms with Crippen LogP contribution in [0.2, 0.25) is 5.02 Å². The summed E-state index contributed by atoms with van der Waals surface area (Å²) in [6.45, 7) is 5.63. The zero-order valence-electron chi connectivity index (χ0n) is 19.2. The Hall–Kier alpha value is -3.56. The van der Waals surface area contributed by atoms with Crippen molar-refractivity contribution in [3.8, 4) is 5.75 Å². The minimum absolute atomic E-state index is 0.0525. The zero-order chi connectivity index (χ0) is 23.9. The number of methoxy groups -OCH3 is 1. The fourth-order valence-electron chi connectivity index (χ4n) is 3.60. The quantitative estimate of drug-likeness (QED) is 0.376. The lowest BCUT2D eigenvalue weighted by molar-refractivity contribution is -0.115. The van der Waals surface area contributed by atoms with E-state index in [0.29, 0.717) is 34.6 Å². The van der Waals surface area contributed by atoms with Crippen molar-refractivity contribution in [3.05, 3.63) is 53.7 Å². The third kappa shape index (κ3) is 5.86. The van der Waals surface area contributed by atoms with E-state index < -0.39 is 0 Å². The molecular weight excluding hydrogens is 454 g/mol. The topological polar surface area (TPSA) is 103 Å². The number of amides is 1. The number of hydrogen-bond acceptors (Lipinski definition) is 8. The molecule has 1 aliphatic rings. The van der Waals surface area contributed by atoms with Crippen LogP contribution in [0.4, 0.5) is 34.5 Å². The number of benzene rings is 2. The van der Waals surface area contributed by atoms with E-state index >= 15 is 0 Å². The molecule has 9 nitrogen and oxygen atoms in total. The molecule has 0 atom stereocenters. The molecule has 34 heavy (non-hydrogen) atoms. The standard InChI is InChI=1S/C24H28ClN7O2/c1-3-22(33)28-16-5-4-6-17(13-16)29-24-27-15-19(25)23(31-24)30-20-8-7-18(14-21(20)34-2)32-11-9-26-10-12-32/h4-8,13-15,26H,3,9-12H2,1-2H3,(H,28,33)(H2,27,29,30,31). The van der Waals surface area contributed by atoms with Crippen LogP contribution < -0.4 is 30.9 Å². The van der Waals surface area contributed by atoms with Crippen molar-refractivity contribution in [2.75, 3.05) is 54.1 Å². The Kier molecular flexibility index (Phi) is 7.66. The van der Waals surface area contributed by atoms with Gasteiger partial charge in [-0.15, -0.1) is 0 Å². The summed E-state index contributed by atoms with van der Waals surface area (Å²) in [5, 5.41) is 13.0. The number of carbonyl (C=O) groups is 1. The van der Waals surface area contributed by atoms with Gasteiger partial charge in [0, 0.05) is 55.7 Å². The van der Waals surface area contributed by atoms with Crippen LogP contribution in [0.15, 0.2) is 48.7 Å². The number of piperazine rings is 1. The van der Waals surface area contributed by atoms with Gasteiger partial charge in [-0.25, -0.2) is 4.98 Å². The summed E-state index contributed by atoms with van der Waals surface area (Å²) in [7, 11) is 1.64. The van der Waals surface area contributed by atoms with Crippen LogP contribution in [-0.2, 0) is 4.79 Å². The Morgan fingerprint density at radius 1 is 1.15 bits per heavy atom. The largest absolute Gasteiger partial charge is 0.494 e. The number of ether oxygens (including phenoxy) is 1. The minimum Gasteiger partial charge on any atom is -0.494 e. The van der Waals surface area contributed by atoms with E-state index in [1.165, 1.54) is 6.20 Å². The maximum absolute atomic E-state index is 11.7. The molecular formula is C24H28ClN7O2. The summed E-state index contributed by atoms with van der Waals surface area (Å²) in [6.07, 6.45) is 1.94. The third-order valence-electron chi connectivity index (χ3n) is 5.39. The Bertz CT molecular complexity index is 1150. The van der Waals surface area contributed by atoms with Crippen LogP contribution in [0.5, 0.6) is 5.75 Å². The predicted octanol–water partition coefficient (Wildman–Crippen LogP) is 4.38. The summed E-state index contributed by atoms with van der Waals surface area (Å²) in [4.78, 5) is 22.8. The van der Waals surface area contributed by atoms with E-state index in [-0.39, 0.29) is 5.91 Å². The first kappa shape index (κ1) is 23.6. The van der Waals surface area contributed by atoms with E-state index in [0.717, 1.165) is 43.2 Å². The first-order valence-corrected chi connectivity index (χ1v) is 11.5. The summed E-state index contributed by atoms with van der Waals surface area (Å²) in [6, 6.07) is 13.4. The highest BCUT2D eigenvalue weighted by Crippen LogP contribution is 2.34. The molecule has 2 aromatic carbocycles. The van der Waals surface area contributed by atoms with Crippen LogP contribution in [0.3, 0.4) is 0 Å². The first-order valence-electron chi connectivity index (χ1n) is 11.2. The summed E-state index contributed by atoms with van der Waals surface area (Å²) in [5.41, 5.74) is 3.28. The van der Waals surface area contributed by atoms with E-state index in [1.807, 2.05) is 36.4 Å². The zero-order valence-corrected chi connectivity index (χ0v) is 19.9. The summed E-state index contributed by atoms with van der Waals surface area (Å²) < 4.78 is 5.63. The van der Waals surface area contributed by atoms with Crippen molar-refractivity contribution in [2.24, 2.45) is 0 Å². The molecule has 1 fully saturated rings. The second-order valence-electron chi connectivity index (χ2n) is 7.74. The van der Waals surface area contributed by atoms with Gasteiger partial charge in [0.05, 0.1) is 19.0 Å². The number of hydrogen-bond donors (Lipinski definition) is 4. The molecule has 3 aromatic rings. The Balaban J connectivity index is 1.51. The molecule has 0 aliphatic carbocycles. The normalized spacial score (nSPS) is 13.3. The number of carbonyl (C=O) groups excluding carboxylic acids is 1. The smallest absolute Gasteiger partial charge is 0.229 e. The summed E-state index contributed by atoms with van der Waals surface area (Å²) >= 11 is 6.38. The molecule has 1 saturated heterocycles. The molecule has 10 heteroatoms. The molecule has 4 N–H and O–H groups in total. The van der Waals surface area contributed by atoms with Crippen LogP contribution in [0.1, 0.15) is 13.3 Å². The third-order valence-corrected chi connectivity index (χ3v) is 5.66. The van der Waals surface area contributed by atoms with Gasteiger partial charge in [-0.3, -0.25) is 4.79 Å². The Morgan fingerprint density at radius 2 is 1.94 bits per heavy atom. The van der Waals surface area contributed by atoms with Gasteiger partial charge < -0.3 is 30.9 Å². The molecule has 0 spiro atoms. The number of aromatic nitrogens is 2. The number of nitrogens with one attached hydrogen (secondary N) is 4. The molecule has 0 radical (unpaired) electrons. The van der Waals surface area contributed by atoms with Gasteiger partial charge in [0.2, 0.25) is 11.9 Å². The van der Waals surface area contributed by atoms with Gasteiger partial charge in [0.25, 0.3) is 0 Å². The second kappa shape index (κ2) is 11.0. The molecule has 2 heterocycles. The molecule has 1 amide bonds. The predicted molar refractivity (Wildman–Crippen MR) is 137 cm³/mol. The fraction of sp³-hybridized carbons (Fsp3) is 0.292. The fourth-order valence-corrected chi connectivity index (χ4v) is 3.74. The van der Waals surface area contributed by atoms with Gasteiger partial charge >= 0.3 is 0 Å². The molecule has 0 unspecified atom stereocenters. The monoisotopic (exact) mass is 481 g/mol. The second-order valence-corrected chi connectivity index (χ2v) is 8.15. The van der Waals surface area contributed by atoms with Gasteiger partial charge in [0.1, 0.15) is 10.8 Å². The maximum atomic E-state index is 11.7. The summed E-state index contributed by atoms with van der Waals surface area (Å²) in [5.74, 6) is 1.45. The van der Waals surface area contributed by atoms with Crippen molar-refractivity contribution in [1.82, 2.24) is 15.3 Å². The van der Waals surface area contributed by atoms with E-state index in [4.69, 9.17) is 16.3 Å². The van der Waals surface area contributed by atoms with Crippen LogP contribution in [-0.4, -0.2) is 49.2 Å². The van der Waals surface area contributed by atoms with Crippen molar-refractivity contribution in [2.45, 2.75) is 13.3 Å². The van der Waals surface area contributed by atoms with Crippen molar-refractivity contribution in [3.63, 3.8) is 0 Å². The Morgan fingerprint density at radius 3 is 2.71 bits per heavy atom. The van der Waals surface area contributed by atoms with E-state index in [9.17, 15) is 4.79 Å². The maximum Gasteiger partial charge on any atom is 0.229 e. The van der Waals surface area contributed by atoms with Gasteiger partial charge in [-0.2, -0.15) is 4.98 Å². The number of nitrogens with zero attached hydrogens (tertiary/aromatic N) is 3. The highest BCUT2D eigenvalue weighted by Gasteiger charge is 2.15. The van der Waals surface area contributed by atoms with Gasteiger partial charge in [-0.05, 0) is 30.3 Å². The SMILES string of the molecule is CCC(=O)Nc1cccc(Nc2ncc(Cl)c(Nc3ccc(N4CCNCC4)cc3OC)n2)c1. The molecule has 4 rings (SSSR count). The van der Waals surface area contributed by atoms with Gasteiger partial charge in [-0.1, -0.05) is 24.6 Å². The van der Waals surface area contributed by atoms with E-state index in [2.05, 4.69) is 42.2 Å². The van der Waals surface area contributed by atoms with Crippen molar-refractivity contribution in [1.29, 1.82) is 0 Å².